The Balaban J connectivity index is 1.82. The van der Waals surface area contributed by atoms with Crippen LogP contribution in [0.5, 0.6) is 0 Å². The van der Waals surface area contributed by atoms with Crippen LogP contribution in [0, 0.1) is 11.3 Å². The zero-order chi connectivity index (χ0) is 20.5. The summed E-state index contributed by atoms with van der Waals surface area (Å²) in [5, 5.41) is 14.2. The molecule has 10 heteroatoms. The van der Waals surface area contributed by atoms with E-state index in [1.165, 1.54) is 18.2 Å². The van der Waals surface area contributed by atoms with Crippen LogP contribution < -0.4 is 14.9 Å². The SMILES string of the molecule is N#Cc1ccc(N2CCN(c3ccccc3S(N)(=O)=O)CC2)cc1C(F)(F)F. The summed E-state index contributed by atoms with van der Waals surface area (Å²) in [6, 6.07) is 11.6. The van der Waals surface area contributed by atoms with Gasteiger partial charge in [0.15, 0.2) is 0 Å². The van der Waals surface area contributed by atoms with Gasteiger partial charge in [0.2, 0.25) is 10.0 Å². The number of nitriles is 1. The molecule has 0 atom stereocenters. The summed E-state index contributed by atoms with van der Waals surface area (Å²) in [6.07, 6.45) is -4.61. The highest BCUT2D eigenvalue weighted by molar-refractivity contribution is 7.89. The topological polar surface area (TPSA) is 90.4 Å². The van der Waals surface area contributed by atoms with Gasteiger partial charge in [0.1, 0.15) is 4.90 Å². The van der Waals surface area contributed by atoms with Crippen molar-refractivity contribution in [2.75, 3.05) is 36.0 Å². The number of hydrogen-bond acceptors (Lipinski definition) is 5. The van der Waals surface area contributed by atoms with Crippen LogP contribution in [0.25, 0.3) is 0 Å². The van der Waals surface area contributed by atoms with Crippen LogP contribution in [0.1, 0.15) is 11.1 Å². The second-order valence-corrected chi connectivity index (χ2v) is 7.86. The van der Waals surface area contributed by atoms with Crippen LogP contribution in [-0.4, -0.2) is 34.6 Å². The third-order valence-electron chi connectivity index (χ3n) is 4.59. The Morgan fingerprint density at radius 3 is 2.18 bits per heavy atom. The zero-order valence-electron chi connectivity index (χ0n) is 14.6. The first kappa shape index (κ1) is 20.0. The minimum Gasteiger partial charge on any atom is -0.368 e. The van der Waals surface area contributed by atoms with Crippen molar-refractivity contribution < 1.29 is 21.6 Å². The summed E-state index contributed by atoms with van der Waals surface area (Å²) in [5.41, 5.74) is -0.544. The first-order valence-electron chi connectivity index (χ1n) is 8.34. The van der Waals surface area contributed by atoms with E-state index in [0.29, 0.717) is 37.6 Å². The predicted octanol–water partition coefficient (Wildman–Crippen LogP) is 2.55. The van der Waals surface area contributed by atoms with Gasteiger partial charge in [-0.2, -0.15) is 18.4 Å². The third kappa shape index (κ3) is 4.05. The third-order valence-corrected chi connectivity index (χ3v) is 5.54. The molecular weight excluding hydrogens is 393 g/mol. The van der Waals surface area contributed by atoms with Gasteiger partial charge in [-0.25, -0.2) is 13.6 Å². The van der Waals surface area contributed by atoms with Gasteiger partial charge < -0.3 is 9.80 Å². The Hall–Kier alpha value is -2.77. The number of rotatable bonds is 3. The molecule has 1 aliphatic heterocycles. The van der Waals surface area contributed by atoms with Crippen molar-refractivity contribution in [3.63, 3.8) is 0 Å². The molecule has 0 aromatic heterocycles. The van der Waals surface area contributed by atoms with Crippen molar-refractivity contribution in [1.29, 1.82) is 5.26 Å². The van der Waals surface area contributed by atoms with Crippen molar-refractivity contribution in [2.45, 2.75) is 11.1 Å². The highest BCUT2D eigenvalue weighted by Gasteiger charge is 2.34. The van der Waals surface area contributed by atoms with E-state index in [0.717, 1.165) is 6.07 Å². The van der Waals surface area contributed by atoms with Gasteiger partial charge in [0, 0.05) is 31.9 Å². The van der Waals surface area contributed by atoms with Gasteiger partial charge in [-0.1, -0.05) is 12.1 Å². The predicted molar refractivity (Wildman–Crippen MR) is 98.4 cm³/mol. The van der Waals surface area contributed by atoms with Crippen molar-refractivity contribution in [1.82, 2.24) is 0 Å². The molecule has 6 nitrogen and oxygen atoms in total. The number of nitrogens with zero attached hydrogens (tertiary/aromatic N) is 3. The van der Waals surface area contributed by atoms with E-state index in [9.17, 15) is 21.6 Å². The summed E-state index contributed by atoms with van der Waals surface area (Å²) in [5.74, 6) is 0. The van der Waals surface area contributed by atoms with E-state index in [1.54, 1.807) is 29.2 Å². The lowest BCUT2D eigenvalue weighted by molar-refractivity contribution is -0.137. The average Bonchev–Trinajstić information content (AvgIpc) is 2.66. The second kappa shape index (κ2) is 7.33. The summed E-state index contributed by atoms with van der Waals surface area (Å²) >= 11 is 0. The van der Waals surface area contributed by atoms with Crippen molar-refractivity contribution in [3.8, 4) is 6.07 Å². The molecule has 0 bridgehead atoms. The van der Waals surface area contributed by atoms with Crippen molar-refractivity contribution in [2.24, 2.45) is 5.14 Å². The minimum absolute atomic E-state index is 0.0150. The molecule has 3 rings (SSSR count). The number of halogens is 3. The van der Waals surface area contributed by atoms with Crippen molar-refractivity contribution >= 4 is 21.4 Å². The fraction of sp³-hybridized carbons (Fsp3) is 0.278. The largest absolute Gasteiger partial charge is 0.417 e. The second-order valence-electron chi connectivity index (χ2n) is 6.33. The van der Waals surface area contributed by atoms with Crippen molar-refractivity contribution in [3.05, 3.63) is 53.6 Å². The number of sulfonamides is 1. The molecule has 1 fully saturated rings. The van der Waals surface area contributed by atoms with Crippen LogP contribution in [0.3, 0.4) is 0 Å². The standard InChI is InChI=1S/C18H17F3N4O2S/c19-18(20,21)15-11-14(6-5-13(15)12-22)24-7-9-25(10-8-24)16-3-1-2-4-17(16)28(23,26)27/h1-6,11H,7-10H2,(H2,23,26,27). The van der Waals surface area contributed by atoms with E-state index in [-0.39, 0.29) is 4.90 Å². The molecule has 28 heavy (non-hydrogen) atoms. The number of para-hydroxylation sites is 1. The zero-order valence-corrected chi connectivity index (χ0v) is 15.5. The number of hydrogen-bond donors (Lipinski definition) is 1. The highest BCUT2D eigenvalue weighted by Crippen LogP contribution is 2.35. The number of primary sulfonamides is 1. The Morgan fingerprint density at radius 2 is 1.61 bits per heavy atom. The molecule has 148 valence electrons. The van der Waals surface area contributed by atoms with Gasteiger partial charge >= 0.3 is 6.18 Å². The molecule has 1 heterocycles. The molecule has 0 saturated carbocycles. The van der Waals surface area contributed by atoms with E-state index in [4.69, 9.17) is 10.4 Å². The minimum atomic E-state index is -4.61. The maximum absolute atomic E-state index is 13.2. The van der Waals surface area contributed by atoms with Gasteiger partial charge in [-0.05, 0) is 30.3 Å². The molecule has 0 unspecified atom stereocenters. The molecule has 0 aliphatic carbocycles. The molecule has 1 saturated heterocycles. The number of alkyl halides is 3. The Kier molecular flexibility index (Phi) is 5.23. The first-order chi connectivity index (χ1) is 13.1. The maximum Gasteiger partial charge on any atom is 0.417 e. The molecule has 0 radical (unpaired) electrons. The van der Waals surface area contributed by atoms with Gasteiger partial charge in [-0.3, -0.25) is 0 Å². The van der Waals surface area contributed by atoms with Gasteiger partial charge in [0.05, 0.1) is 22.9 Å². The lowest BCUT2D eigenvalue weighted by atomic mass is 10.1. The quantitative estimate of drug-likeness (QED) is 0.840. The molecular formula is C18H17F3N4O2S. The molecule has 2 N–H and O–H groups in total. The van der Waals surface area contributed by atoms with Crippen LogP contribution in [0.4, 0.5) is 24.5 Å². The Labute approximate surface area is 160 Å². The lowest BCUT2D eigenvalue weighted by Crippen LogP contribution is -2.47. The Morgan fingerprint density at radius 1 is 1.00 bits per heavy atom. The highest BCUT2D eigenvalue weighted by atomic mass is 32.2. The van der Waals surface area contributed by atoms with Crippen LogP contribution in [0.15, 0.2) is 47.4 Å². The van der Waals surface area contributed by atoms with E-state index >= 15 is 0 Å². The smallest absolute Gasteiger partial charge is 0.368 e. The number of nitrogens with two attached hydrogens (primary N) is 1. The normalized spacial score (nSPS) is 15.4. The van der Waals surface area contributed by atoms with Gasteiger partial charge in [0.25, 0.3) is 0 Å². The number of anilines is 2. The Bertz CT molecular complexity index is 1020. The summed E-state index contributed by atoms with van der Waals surface area (Å²) in [4.78, 5) is 3.62. The maximum atomic E-state index is 13.2. The monoisotopic (exact) mass is 410 g/mol. The van der Waals surface area contributed by atoms with E-state index < -0.39 is 27.3 Å². The first-order valence-corrected chi connectivity index (χ1v) is 9.89. The number of piperazine rings is 1. The fourth-order valence-electron chi connectivity index (χ4n) is 3.23. The van der Waals surface area contributed by atoms with Crippen LogP contribution in [0.2, 0.25) is 0 Å². The summed E-state index contributed by atoms with van der Waals surface area (Å²) < 4.78 is 63.1. The molecule has 1 aliphatic rings. The number of benzene rings is 2. The summed E-state index contributed by atoms with van der Waals surface area (Å²) in [7, 11) is -3.89. The lowest BCUT2D eigenvalue weighted by Gasteiger charge is -2.38. The molecule has 2 aromatic carbocycles. The van der Waals surface area contributed by atoms with Gasteiger partial charge in [-0.15, -0.1) is 0 Å². The van der Waals surface area contributed by atoms with Crippen LogP contribution >= 0.6 is 0 Å². The molecule has 0 spiro atoms. The summed E-state index contributed by atoms with van der Waals surface area (Å²) in [6.45, 7) is 1.60. The molecule has 2 aromatic rings. The van der Waals surface area contributed by atoms with Crippen LogP contribution in [-0.2, 0) is 16.2 Å². The fourth-order valence-corrected chi connectivity index (χ4v) is 3.98. The van der Waals surface area contributed by atoms with E-state index in [1.807, 2.05) is 4.90 Å². The molecule has 0 amide bonds. The van der Waals surface area contributed by atoms with E-state index in [2.05, 4.69) is 0 Å². The average molecular weight is 410 g/mol.